The molecule has 3 aromatic heterocycles. The van der Waals surface area contributed by atoms with Crippen LogP contribution in [0.4, 0.5) is 45.2 Å². The van der Waals surface area contributed by atoms with E-state index in [1.165, 1.54) is 18.5 Å². The smallest absolute Gasteiger partial charge is 0.481 e. The van der Waals surface area contributed by atoms with Crippen molar-refractivity contribution in [3.63, 3.8) is 0 Å². The van der Waals surface area contributed by atoms with E-state index in [-0.39, 0.29) is 0 Å². The molecule has 0 spiro atoms. The molecule has 278 valence electrons. The first kappa shape index (κ1) is 41.3. The van der Waals surface area contributed by atoms with Crippen molar-refractivity contribution in [3.8, 4) is 5.88 Å². The monoisotopic (exact) mass is 734 g/mol. The van der Waals surface area contributed by atoms with Crippen LogP contribution in [0.1, 0.15) is 43.0 Å². The zero-order valence-corrected chi connectivity index (χ0v) is 26.0. The van der Waals surface area contributed by atoms with Crippen LogP contribution in [0.3, 0.4) is 0 Å². The topological polar surface area (TPSA) is 171 Å². The van der Waals surface area contributed by atoms with Gasteiger partial charge in [0.15, 0.2) is 11.5 Å². The van der Waals surface area contributed by atoms with E-state index in [0.717, 1.165) is 68.5 Å². The normalized spacial score (nSPS) is 16.6. The molecule has 2 fully saturated rings. The molecule has 13 nitrogen and oxygen atoms in total. The van der Waals surface area contributed by atoms with Crippen LogP contribution in [0, 0.1) is 0 Å². The highest BCUT2D eigenvalue weighted by molar-refractivity contribution is 5.73. The molecule has 3 aromatic rings. The van der Waals surface area contributed by atoms with Crippen molar-refractivity contribution in [2.45, 2.75) is 56.7 Å². The van der Waals surface area contributed by atoms with Gasteiger partial charge in [-0.05, 0) is 50.4 Å². The van der Waals surface area contributed by atoms with Gasteiger partial charge in [-0.2, -0.15) is 44.6 Å². The minimum absolute atomic E-state index is 0.363. The van der Waals surface area contributed by atoms with E-state index in [1.807, 2.05) is 10.6 Å². The number of methoxy groups -OCH3 is 1. The Labute approximate surface area is 276 Å². The summed E-state index contributed by atoms with van der Waals surface area (Å²) in [4.78, 5) is 40.8. The summed E-state index contributed by atoms with van der Waals surface area (Å²) >= 11 is 0. The van der Waals surface area contributed by atoms with E-state index in [2.05, 4.69) is 39.2 Å². The van der Waals surface area contributed by atoms with Gasteiger partial charge < -0.3 is 25.0 Å². The predicted octanol–water partition coefficient (Wildman–Crippen LogP) is 5.01. The van der Waals surface area contributed by atoms with Gasteiger partial charge in [-0.3, -0.25) is 4.90 Å². The highest BCUT2D eigenvalue weighted by Gasteiger charge is 2.39. The van der Waals surface area contributed by atoms with Crippen molar-refractivity contribution in [1.82, 2.24) is 24.5 Å². The molecule has 0 saturated carbocycles. The molecule has 0 amide bonds. The minimum Gasteiger partial charge on any atom is -0.481 e. The van der Waals surface area contributed by atoms with Gasteiger partial charge >= 0.3 is 36.4 Å². The van der Waals surface area contributed by atoms with Crippen molar-refractivity contribution in [2.24, 2.45) is 0 Å². The highest BCUT2D eigenvalue weighted by atomic mass is 19.4. The van der Waals surface area contributed by atoms with E-state index >= 15 is 0 Å². The van der Waals surface area contributed by atoms with E-state index < -0.39 is 36.4 Å². The number of carboxylic acids is 3. The van der Waals surface area contributed by atoms with Crippen LogP contribution in [0.15, 0.2) is 36.7 Å². The lowest BCUT2D eigenvalue weighted by Gasteiger charge is -2.31. The number of fused-ring (bicyclic) bond motifs is 1. The summed E-state index contributed by atoms with van der Waals surface area (Å²) < 4.78 is 103. The van der Waals surface area contributed by atoms with E-state index in [0.29, 0.717) is 5.92 Å². The number of likely N-dealkylation sites (tertiary alicyclic amines) is 1. The van der Waals surface area contributed by atoms with Gasteiger partial charge in [-0.25, -0.2) is 28.9 Å². The second-order valence-electron chi connectivity index (χ2n) is 10.5. The van der Waals surface area contributed by atoms with Crippen molar-refractivity contribution in [1.29, 1.82) is 0 Å². The number of nitrogens with zero attached hydrogens (tertiary/aromatic N) is 6. The highest BCUT2D eigenvalue weighted by Crippen LogP contribution is 2.28. The van der Waals surface area contributed by atoms with Crippen LogP contribution < -0.4 is 9.64 Å². The number of carbonyl (C=O) groups is 3. The molecule has 2 aliphatic heterocycles. The largest absolute Gasteiger partial charge is 0.490 e. The molecular weight excluding hydrogens is 703 g/mol. The van der Waals surface area contributed by atoms with Crippen LogP contribution in [0.25, 0.3) is 5.65 Å². The van der Waals surface area contributed by atoms with E-state index in [1.54, 1.807) is 13.3 Å². The van der Waals surface area contributed by atoms with Crippen LogP contribution in [0.2, 0.25) is 0 Å². The molecule has 0 aromatic carbocycles. The van der Waals surface area contributed by atoms with Crippen LogP contribution in [-0.2, 0) is 20.9 Å². The molecule has 2 saturated heterocycles. The summed E-state index contributed by atoms with van der Waals surface area (Å²) in [6.07, 6.45) is -6.49. The Balaban J connectivity index is 0.000000338. The lowest BCUT2D eigenvalue weighted by atomic mass is 9.97. The number of ether oxygens (including phenoxy) is 1. The molecule has 3 N–H and O–H groups in total. The Morgan fingerprint density at radius 3 is 1.88 bits per heavy atom. The molecule has 1 unspecified atom stereocenters. The second-order valence-corrected chi connectivity index (χ2v) is 10.5. The first-order chi connectivity index (χ1) is 23.1. The quantitative estimate of drug-likeness (QED) is 0.300. The second kappa shape index (κ2) is 17.7. The molecule has 0 radical (unpaired) electrons. The predicted molar refractivity (Wildman–Crippen MR) is 154 cm³/mol. The summed E-state index contributed by atoms with van der Waals surface area (Å²) in [5.74, 6) is -6.23. The van der Waals surface area contributed by atoms with Gasteiger partial charge in [-0.15, -0.1) is 0 Å². The van der Waals surface area contributed by atoms with Crippen LogP contribution >= 0.6 is 0 Å². The summed E-state index contributed by atoms with van der Waals surface area (Å²) in [5, 5.41) is 26.2. The van der Waals surface area contributed by atoms with Crippen LogP contribution in [-0.4, -0.2) is 110 Å². The van der Waals surface area contributed by atoms with Gasteiger partial charge in [0.1, 0.15) is 0 Å². The van der Waals surface area contributed by atoms with Gasteiger partial charge in [0, 0.05) is 43.9 Å². The van der Waals surface area contributed by atoms with Crippen molar-refractivity contribution in [2.75, 3.05) is 38.2 Å². The fourth-order valence-electron chi connectivity index (χ4n) is 4.60. The number of carboxylic acid groups (broad SMARTS) is 3. The molecule has 5 rings (SSSR count). The molecule has 1 atom stereocenters. The number of hydrogen-bond acceptors (Lipinski definition) is 9. The first-order valence-corrected chi connectivity index (χ1v) is 14.3. The lowest BCUT2D eigenvalue weighted by molar-refractivity contribution is -0.193. The molecule has 0 bridgehead atoms. The van der Waals surface area contributed by atoms with Gasteiger partial charge in [0.2, 0.25) is 5.88 Å². The molecule has 5 heterocycles. The third kappa shape index (κ3) is 13.2. The third-order valence-corrected chi connectivity index (χ3v) is 6.84. The average molecular weight is 735 g/mol. The number of rotatable bonds is 5. The Morgan fingerprint density at radius 1 is 0.840 bits per heavy atom. The number of pyridine rings is 2. The molecular formula is C28H31F9N6O7. The SMILES string of the molecule is COc1ncccc1CN1CCCC(c2nc3ccc(N4CCCC4)cn3n2)C1.O=C(O)C(F)(F)F.O=C(O)C(F)(F)F.O=C(O)C(F)(F)F. The molecule has 2 aliphatic rings. The van der Waals surface area contributed by atoms with Crippen molar-refractivity contribution < 1.29 is 74.0 Å². The average Bonchev–Trinajstić information content (AvgIpc) is 3.71. The minimum atomic E-state index is -5.08. The maximum Gasteiger partial charge on any atom is 0.490 e. The Morgan fingerprint density at radius 2 is 1.38 bits per heavy atom. The summed E-state index contributed by atoms with van der Waals surface area (Å²) in [5.41, 5.74) is 3.32. The standard InChI is InChI=1S/C22H28N6O.3C2HF3O2/c1-29-22-18(6-4-10-23-22)15-26-11-5-7-17(14-26)21-24-20-9-8-19(16-28(20)25-21)27-12-2-3-13-27;3*3-2(4,5)1(6)7/h4,6,8-10,16-17H,2-3,5,7,11-15H2,1H3;3*(H,6,7). The first-order valence-electron chi connectivity index (χ1n) is 14.3. The van der Waals surface area contributed by atoms with Crippen molar-refractivity contribution >= 4 is 29.2 Å². The van der Waals surface area contributed by atoms with Crippen LogP contribution in [0.5, 0.6) is 5.88 Å². The fraction of sp³-hybridized carbons (Fsp3) is 0.500. The number of piperidine rings is 1. The zero-order chi connectivity index (χ0) is 37.9. The maximum atomic E-state index is 10.6. The zero-order valence-electron chi connectivity index (χ0n) is 26.0. The summed E-state index contributed by atoms with van der Waals surface area (Å²) in [6.45, 7) is 5.18. The number of halogens is 9. The number of aromatic nitrogens is 4. The number of anilines is 1. The Hall–Kier alpha value is -4.89. The van der Waals surface area contributed by atoms with E-state index in [4.69, 9.17) is 44.5 Å². The summed E-state index contributed by atoms with van der Waals surface area (Å²) in [6, 6.07) is 8.35. The van der Waals surface area contributed by atoms with Gasteiger partial charge in [-0.1, -0.05) is 6.07 Å². The molecule has 0 aliphatic carbocycles. The number of alkyl halides is 9. The Bertz CT molecular complexity index is 1520. The molecule has 22 heteroatoms. The van der Waals surface area contributed by atoms with Gasteiger partial charge in [0.05, 0.1) is 19.0 Å². The Kier molecular flexibility index (Phi) is 14.6. The van der Waals surface area contributed by atoms with E-state index in [9.17, 15) is 39.5 Å². The molecule has 50 heavy (non-hydrogen) atoms. The lowest BCUT2D eigenvalue weighted by Crippen LogP contribution is -2.34. The third-order valence-electron chi connectivity index (χ3n) is 6.84. The summed E-state index contributed by atoms with van der Waals surface area (Å²) in [7, 11) is 1.68. The van der Waals surface area contributed by atoms with Gasteiger partial charge in [0.25, 0.3) is 0 Å². The maximum absolute atomic E-state index is 10.6. The number of aliphatic carboxylic acids is 3. The number of hydrogen-bond donors (Lipinski definition) is 3. The fourth-order valence-corrected chi connectivity index (χ4v) is 4.60. The van der Waals surface area contributed by atoms with Crippen molar-refractivity contribution in [3.05, 3.63) is 48.0 Å².